The van der Waals surface area contributed by atoms with Gasteiger partial charge in [-0.15, -0.1) is 0 Å². The Balaban J connectivity index is 2.01. The summed E-state index contributed by atoms with van der Waals surface area (Å²) < 4.78 is 1.63. The number of hydrogen-bond acceptors (Lipinski definition) is 3. The fourth-order valence-electron chi connectivity index (χ4n) is 1.96. The van der Waals surface area contributed by atoms with Crippen molar-refractivity contribution in [2.24, 2.45) is 0 Å². The summed E-state index contributed by atoms with van der Waals surface area (Å²) in [5.41, 5.74) is 1.21. The van der Waals surface area contributed by atoms with Crippen LogP contribution in [0, 0.1) is 0 Å². The second-order valence-corrected chi connectivity index (χ2v) is 5.23. The number of halogens is 1. The Labute approximate surface area is 129 Å². The molecule has 2 aromatic rings. The molecule has 2 rings (SSSR count). The summed E-state index contributed by atoms with van der Waals surface area (Å²) in [6.45, 7) is 5.50. The van der Waals surface area contributed by atoms with Crippen LogP contribution in [0.3, 0.4) is 0 Å². The van der Waals surface area contributed by atoms with Gasteiger partial charge < -0.3 is 10.6 Å². The zero-order valence-corrected chi connectivity index (χ0v) is 12.9. The number of hydrogen-bond donors (Lipinski definition) is 2. The first-order valence-electron chi connectivity index (χ1n) is 6.93. The van der Waals surface area contributed by atoms with Crippen LogP contribution in [-0.4, -0.2) is 34.8 Å². The number of likely N-dealkylation sites (N-methyl/N-ethyl adjacent to an activating group) is 1. The third-order valence-electron chi connectivity index (χ3n) is 3.02. The van der Waals surface area contributed by atoms with Crippen molar-refractivity contribution >= 4 is 17.5 Å². The van der Waals surface area contributed by atoms with Crippen LogP contribution in [0.25, 0.3) is 5.69 Å². The normalized spacial score (nSPS) is 12.1. The van der Waals surface area contributed by atoms with E-state index in [2.05, 4.69) is 15.7 Å². The number of aromatic nitrogens is 2. The molecule has 21 heavy (non-hydrogen) atoms. The van der Waals surface area contributed by atoms with E-state index in [1.54, 1.807) is 29.1 Å². The van der Waals surface area contributed by atoms with Gasteiger partial charge in [0.2, 0.25) is 0 Å². The molecule has 0 spiro atoms. The average molecular weight is 307 g/mol. The van der Waals surface area contributed by atoms with Gasteiger partial charge in [0.25, 0.3) is 5.91 Å². The molecule has 0 unspecified atom stereocenters. The van der Waals surface area contributed by atoms with Gasteiger partial charge in [-0.05, 0) is 37.7 Å². The first-order valence-corrected chi connectivity index (χ1v) is 7.31. The Morgan fingerprint density at radius 1 is 1.43 bits per heavy atom. The summed E-state index contributed by atoms with van der Waals surface area (Å²) in [6, 6.07) is 9.24. The summed E-state index contributed by atoms with van der Waals surface area (Å²) in [7, 11) is 0. The SMILES string of the molecule is CCN[C@H](C)CNC(=O)c1ccn(-c2cccc(Cl)c2)n1. The van der Waals surface area contributed by atoms with Crippen LogP contribution in [0.4, 0.5) is 0 Å². The largest absolute Gasteiger partial charge is 0.349 e. The highest BCUT2D eigenvalue weighted by Gasteiger charge is 2.11. The highest BCUT2D eigenvalue weighted by Crippen LogP contribution is 2.14. The van der Waals surface area contributed by atoms with Gasteiger partial charge in [-0.3, -0.25) is 4.79 Å². The van der Waals surface area contributed by atoms with Crippen LogP contribution >= 0.6 is 11.6 Å². The van der Waals surface area contributed by atoms with Crippen molar-refractivity contribution in [3.8, 4) is 5.69 Å². The van der Waals surface area contributed by atoms with Gasteiger partial charge in [0.05, 0.1) is 5.69 Å². The lowest BCUT2D eigenvalue weighted by atomic mass is 10.3. The van der Waals surface area contributed by atoms with Gasteiger partial charge in [0, 0.05) is 23.8 Å². The molecule has 6 heteroatoms. The fourth-order valence-corrected chi connectivity index (χ4v) is 2.15. The summed E-state index contributed by atoms with van der Waals surface area (Å²) in [4.78, 5) is 12.0. The number of carbonyl (C=O) groups is 1. The average Bonchev–Trinajstić information content (AvgIpc) is 2.95. The summed E-state index contributed by atoms with van der Waals surface area (Å²) in [5.74, 6) is -0.180. The van der Waals surface area contributed by atoms with E-state index in [0.29, 0.717) is 17.3 Å². The lowest BCUT2D eigenvalue weighted by molar-refractivity contribution is 0.0945. The van der Waals surface area contributed by atoms with Gasteiger partial charge in [-0.1, -0.05) is 24.6 Å². The van der Waals surface area contributed by atoms with E-state index in [4.69, 9.17) is 11.6 Å². The predicted molar refractivity (Wildman–Crippen MR) is 84.0 cm³/mol. The minimum absolute atomic E-state index is 0.180. The van der Waals surface area contributed by atoms with Crippen molar-refractivity contribution in [2.75, 3.05) is 13.1 Å². The molecule has 0 saturated carbocycles. The predicted octanol–water partition coefficient (Wildman–Crippen LogP) is 2.25. The molecule has 0 aliphatic rings. The molecule has 0 aliphatic carbocycles. The van der Waals surface area contributed by atoms with Crippen LogP contribution in [0.1, 0.15) is 24.3 Å². The van der Waals surface area contributed by atoms with E-state index in [1.807, 2.05) is 26.0 Å². The van der Waals surface area contributed by atoms with Crippen LogP contribution < -0.4 is 10.6 Å². The molecule has 0 bridgehead atoms. The Kier molecular flexibility index (Phi) is 5.36. The molecule has 5 nitrogen and oxygen atoms in total. The molecule has 2 N–H and O–H groups in total. The van der Waals surface area contributed by atoms with E-state index in [0.717, 1.165) is 12.2 Å². The van der Waals surface area contributed by atoms with Crippen LogP contribution in [0.15, 0.2) is 36.5 Å². The monoisotopic (exact) mass is 306 g/mol. The molecular formula is C15H19ClN4O. The molecule has 0 saturated heterocycles. The van der Waals surface area contributed by atoms with Crippen LogP contribution in [0.5, 0.6) is 0 Å². The maximum atomic E-state index is 12.0. The summed E-state index contributed by atoms with van der Waals surface area (Å²) in [5, 5.41) is 11.0. The third-order valence-corrected chi connectivity index (χ3v) is 3.25. The Bertz CT molecular complexity index is 611. The third kappa shape index (κ3) is 4.31. The number of nitrogens with zero attached hydrogens (tertiary/aromatic N) is 2. The second-order valence-electron chi connectivity index (χ2n) is 4.79. The molecule has 1 aromatic carbocycles. The molecule has 1 amide bonds. The molecule has 1 atom stereocenters. The number of carbonyl (C=O) groups excluding carboxylic acids is 1. The topological polar surface area (TPSA) is 58.9 Å². The molecule has 0 radical (unpaired) electrons. The summed E-state index contributed by atoms with van der Waals surface area (Å²) >= 11 is 5.95. The van der Waals surface area contributed by atoms with Crippen molar-refractivity contribution in [3.63, 3.8) is 0 Å². The molecule has 112 valence electrons. The van der Waals surface area contributed by atoms with Crippen molar-refractivity contribution in [1.29, 1.82) is 0 Å². The number of nitrogens with one attached hydrogen (secondary N) is 2. The van der Waals surface area contributed by atoms with Crippen molar-refractivity contribution in [3.05, 3.63) is 47.2 Å². The number of amides is 1. The minimum atomic E-state index is -0.180. The Hall–Kier alpha value is -1.85. The van der Waals surface area contributed by atoms with E-state index >= 15 is 0 Å². The zero-order valence-electron chi connectivity index (χ0n) is 12.1. The molecule has 1 heterocycles. The van der Waals surface area contributed by atoms with Crippen molar-refractivity contribution < 1.29 is 4.79 Å². The van der Waals surface area contributed by atoms with Gasteiger partial charge >= 0.3 is 0 Å². The molecule has 0 aliphatic heterocycles. The molecule has 0 fully saturated rings. The molecule has 1 aromatic heterocycles. The standard InChI is InChI=1S/C15H19ClN4O/c1-3-17-11(2)10-18-15(21)14-7-8-20(19-14)13-6-4-5-12(16)9-13/h4-9,11,17H,3,10H2,1-2H3,(H,18,21)/t11-/m1/s1. The van der Waals surface area contributed by atoms with Gasteiger partial charge in [-0.2, -0.15) is 5.10 Å². The van der Waals surface area contributed by atoms with E-state index in [1.165, 1.54) is 0 Å². The van der Waals surface area contributed by atoms with Crippen molar-refractivity contribution in [2.45, 2.75) is 19.9 Å². The van der Waals surface area contributed by atoms with Crippen molar-refractivity contribution in [1.82, 2.24) is 20.4 Å². The first kappa shape index (κ1) is 15.5. The molecular weight excluding hydrogens is 288 g/mol. The number of benzene rings is 1. The van der Waals surface area contributed by atoms with E-state index < -0.39 is 0 Å². The minimum Gasteiger partial charge on any atom is -0.349 e. The second kappa shape index (κ2) is 7.24. The lowest BCUT2D eigenvalue weighted by Gasteiger charge is -2.12. The summed E-state index contributed by atoms with van der Waals surface area (Å²) in [6.07, 6.45) is 1.74. The van der Waals surface area contributed by atoms with E-state index in [9.17, 15) is 4.79 Å². The van der Waals surface area contributed by atoms with E-state index in [-0.39, 0.29) is 11.9 Å². The highest BCUT2D eigenvalue weighted by molar-refractivity contribution is 6.30. The maximum Gasteiger partial charge on any atom is 0.271 e. The van der Waals surface area contributed by atoms with Gasteiger partial charge in [-0.25, -0.2) is 4.68 Å². The fraction of sp³-hybridized carbons (Fsp3) is 0.333. The maximum absolute atomic E-state index is 12.0. The smallest absolute Gasteiger partial charge is 0.271 e. The Morgan fingerprint density at radius 2 is 2.24 bits per heavy atom. The Morgan fingerprint density at radius 3 is 2.95 bits per heavy atom. The van der Waals surface area contributed by atoms with Gasteiger partial charge in [0.15, 0.2) is 5.69 Å². The quantitative estimate of drug-likeness (QED) is 0.860. The van der Waals surface area contributed by atoms with Crippen LogP contribution in [0.2, 0.25) is 5.02 Å². The number of rotatable bonds is 6. The highest BCUT2D eigenvalue weighted by atomic mass is 35.5. The first-order chi connectivity index (χ1) is 10.1. The lowest BCUT2D eigenvalue weighted by Crippen LogP contribution is -2.38. The van der Waals surface area contributed by atoms with Gasteiger partial charge in [0.1, 0.15) is 0 Å². The van der Waals surface area contributed by atoms with Crippen LogP contribution in [-0.2, 0) is 0 Å². The zero-order chi connectivity index (χ0) is 15.2.